The Labute approximate surface area is 218 Å². The second-order valence-electron chi connectivity index (χ2n) is 10.1. The Morgan fingerprint density at radius 3 is 2.21 bits per heavy atom. The molecule has 0 spiro atoms. The first-order valence-electron chi connectivity index (χ1n) is 13.1. The van der Waals surface area contributed by atoms with Crippen molar-refractivity contribution in [3.8, 4) is 11.1 Å². The molecule has 9 heteroatoms. The molecule has 1 fully saturated rings. The number of carbonyl (C=O) groups is 3. The smallest absolute Gasteiger partial charge is 0.407 e. The van der Waals surface area contributed by atoms with Gasteiger partial charge in [-0.3, -0.25) is 9.59 Å². The van der Waals surface area contributed by atoms with Crippen LogP contribution in [-0.4, -0.2) is 60.3 Å². The van der Waals surface area contributed by atoms with Gasteiger partial charge in [0.1, 0.15) is 18.7 Å². The van der Waals surface area contributed by atoms with E-state index in [4.69, 9.17) is 4.74 Å². The standard InChI is InChI=1S/C29H35N4O4.Lr/c1-4-19(16-30)31-27(34)25-14-9-15-33(25)28(35)26(18(2)3)32-29(36)37-17-24-22-12-7-5-10-20(22)21-11-6-8-13-23(21)24;/h5-8,10-13,16,18-19,24-26H,4,9,14-15,17H2,1-3H3,(H,31,34)(H,32,36);/q-1;/t19-,25-,26-;/m0./s1. The van der Waals surface area contributed by atoms with Gasteiger partial charge in [0.25, 0.3) is 0 Å². The maximum Gasteiger partial charge on any atom is 0.407 e. The van der Waals surface area contributed by atoms with Gasteiger partial charge in [0.2, 0.25) is 11.8 Å². The Kier molecular flexibility index (Phi) is 8.84. The Morgan fingerprint density at radius 1 is 1.05 bits per heavy atom. The van der Waals surface area contributed by atoms with E-state index >= 15 is 0 Å². The van der Waals surface area contributed by atoms with Gasteiger partial charge < -0.3 is 25.7 Å². The summed E-state index contributed by atoms with van der Waals surface area (Å²) in [4.78, 5) is 40.7. The fourth-order valence-corrected chi connectivity index (χ4v) is 5.29. The summed E-state index contributed by atoms with van der Waals surface area (Å²) in [5.41, 5.74) is 4.52. The third-order valence-electron chi connectivity index (χ3n) is 7.34. The minimum Gasteiger partial charge on any atom is -0.813 e. The first kappa shape index (κ1) is 27.9. The van der Waals surface area contributed by atoms with Gasteiger partial charge in [0.05, 0.1) is 0 Å². The predicted octanol–water partition coefficient (Wildman–Crippen LogP) is 4.08. The van der Waals surface area contributed by atoms with Crippen molar-refractivity contribution in [3.63, 3.8) is 0 Å². The number of ether oxygens (including phenoxy) is 1. The molecule has 1 heterocycles. The number of benzene rings is 2. The van der Waals surface area contributed by atoms with Crippen LogP contribution in [0.25, 0.3) is 16.5 Å². The molecule has 1 radical (unpaired) electrons. The van der Waals surface area contributed by atoms with E-state index in [2.05, 4.69) is 34.9 Å². The molecule has 8 nitrogen and oxygen atoms in total. The first-order valence-corrected chi connectivity index (χ1v) is 13.1. The van der Waals surface area contributed by atoms with Gasteiger partial charge in [-0.1, -0.05) is 69.3 Å². The molecule has 0 unspecified atom stereocenters. The van der Waals surface area contributed by atoms with Gasteiger partial charge in [0, 0.05) is 18.5 Å². The normalized spacial score (nSPS) is 17.6. The summed E-state index contributed by atoms with van der Waals surface area (Å²) in [5, 5.41) is 14.8. The van der Waals surface area contributed by atoms with Gasteiger partial charge >= 0.3 is 6.09 Å². The number of fused-ring (bicyclic) bond motifs is 3. The summed E-state index contributed by atoms with van der Waals surface area (Å²) in [7, 11) is 0. The number of likely N-dealkylation sites (tertiary alicyclic amines) is 1. The molecule has 4 rings (SSSR count). The molecule has 0 saturated carbocycles. The molecular formula is C29H35LrN4O4-. The van der Waals surface area contributed by atoms with E-state index in [0.29, 0.717) is 25.8 Å². The Balaban J connectivity index is 0.00000400. The van der Waals surface area contributed by atoms with Crippen molar-refractivity contribution >= 4 is 24.1 Å². The Hall–Kier alpha value is -4.68. The van der Waals surface area contributed by atoms with Crippen LogP contribution in [0.15, 0.2) is 48.5 Å². The summed E-state index contributed by atoms with van der Waals surface area (Å²) in [5.74, 6) is -0.881. The van der Waals surface area contributed by atoms with Crippen molar-refractivity contribution in [1.29, 1.82) is 0 Å². The van der Waals surface area contributed by atoms with Crippen LogP contribution < -0.4 is 10.6 Å². The van der Waals surface area contributed by atoms with Crippen molar-refractivity contribution in [1.82, 2.24) is 15.5 Å². The number of nitrogens with one attached hydrogen (secondary N) is 2. The zero-order valence-corrected chi connectivity index (χ0v) is 24.1. The Bertz CT molecular complexity index is 1130. The largest absolute Gasteiger partial charge is 0.813 e. The van der Waals surface area contributed by atoms with Crippen LogP contribution >= 0.6 is 0 Å². The number of carbonyl (C=O) groups excluding carboxylic acids is 3. The summed E-state index contributed by atoms with van der Waals surface area (Å²) >= 11 is 0. The van der Waals surface area contributed by atoms with Crippen LogP contribution in [0.2, 0.25) is 0 Å². The van der Waals surface area contributed by atoms with Crippen molar-refractivity contribution in [3.05, 3.63) is 65.1 Å². The SMILES string of the molecule is CC[C@@H](C=[N-])NC(=O)[C@@H]1CCCN1C(=O)[C@@H](NC(=O)OCC1c2ccccc2-c2ccccc21)C(C)C.[Lr]. The van der Waals surface area contributed by atoms with E-state index in [1.165, 1.54) is 4.90 Å². The van der Waals surface area contributed by atoms with E-state index in [1.807, 2.05) is 45.0 Å². The van der Waals surface area contributed by atoms with Crippen molar-refractivity contribution in [2.45, 2.75) is 64.1 Å². The quantitative estimate of drug-likeness (QED) is 0.376. The van der Waals surface area contributed by atoms with Crippen LogP contribution in [0.4, 0.5) is 4.79 Å². The minimum absolute atomic E-state index is 0. The molecule has 1 saturated heterocycles. The number of hydrogen-bond donors (Lipinski definition) is 2. The fraction of sp³-hybridized carbons (Fsp3) is 0.448. The molecule has 1 aliphatic carbocycles. The summed E-state index contributed by atoms with van der Waals surface area (Å²) in [6.07, 6.45) is 2.07. The molecule has 38 heavy (non-hydrogen) atoms. The van der Waals surface area contributed by atoms with E-state index in [9.17, 15) is 19.8 Å². The summed E-state index contributed by atoms with van der Waals surface area (Å²) in [6.45, 7) is 6.15. The number of alkyl carbamates (subject to hydrolysis) is 1. The maximum absolute atomic E-state index is 13.5. The van der Waals surface area contributed by atoms with Gasteiger partial charge in [-0.05, 0) is 47.4 Å². The molecule has 3 amide bonds. The average Bonchev–Trinajstić information content (AvgIpc) is 3.52. The van der Waals surface area contributed by atoms with Crippen LogP contribution in [0, 0.1) is 5.92 Å². The second kappa shape index (κ2) is 12.0. The molecular weight excluding hydrogens is 730 g/mol. The van der Waals surface area contributed by atoms with Gasteiger partial charge in [-0.2, -0.15) is 6.21 Å². The number of amides is 3. The predicted molar refractivity (Wildman–Crippen MR) is 143 cm³/mol. The molecule has 2 aromatic rings. The number of hydrogen-bond acceptors (Lipinski definition) is 4. The second-order valence-corrected chi connectivity index (χ2v) is 10.1. The zero-order valence-electron chi connectivity index (χ0n) is 21.9. The Morgan fingerprint density at radius 2 is 1.66 bits per heavy atom. The number of rotatable bonds is 9. The van der Waals surface area contributed by atoms with Crippen LogP contribution in [0.3, 0.4) is 0 Å². The molecule has 0 bridgehead atoms. The fourth-order valence-electron chi connectivity index (χ4n) is 5.29. The third-order valence-corrected chi connectivity index (χ3v) is 7.34. The van der Waals surface area contributed by atoms with Crippen LogP contribution in [-0.2, 0) is 14.3 Å². The van der Waals surface area contributed by atoms with E-state index in [-0.39, 0.29) is 30.3 Å². The molecule has 1 aliphatic heterocycles. The molecule has 211 valence electrons. The number of nitrogens with zero attached hydrogens (tertiary/aromatic N) is 2. The van der Waals surface area contributed by atoms with E-state index < -0.39 is 24.2 Å². The average molecular weight is 766 g/mol. The van der Waals surface area contributed by atoms with E-state index in [1.54, 1.807) is 0 Å². The molecule has 3 atom stereocenters. The molecule has 2 aromatic carbocycles. The summed E-state index contributed by atoms with van der Waals surface area (Å²) < 4.78 is 5.66. The van der Waals surface area contributed by atoms with E-state index in [0.717, 1.165) is 28.5 Å². The topological polar surface area (TPSA) is 110 Å². The monoisotopic (exact) mass is 765 g/mol. The third kappa shape index (κ3) is 5.51. The van der Waals surface area contributed by atoms with Crippen LogP contribution in [0.5, 0.6) is 0 Å². The van der Waals surface area contributed by atoms with Gasteiger partial charge in [0.15, 0.2) is 0 Å². The first-order chi connectivity index (χ1) is 17.8. The van der Waals surface area contributed by atoms with Gasteiger partial charge in [-0.25, -0.2) is 4.79 Å². The molecule has 0 aromatic heterocycles. The molecule has 2 N–H and O–H groups in total. The maximum atomic E-state index is 13.5. The summed E-state index contributed by atoms with van der Waals surface area (Å²) in [6, 6.07) is 14.3. The molecule has 2 aliphatic rings. The van der Waals surface area contributed by atoms with Crippen molar-refractivity contribution in [2.75, 3.05) is 13.2 Å². The van der Waals surface area contributed by atoms with Crippen molar-refractivity contribution < 1.29 is 19.1 Å². The van der Waals surface area contributed by atoms with Gasteiger partial charge in [-0.15, -0.1) is 0 Å². The zero-order chi connectivity index (χ0) is 26.5. The van der Waals surface area contributed by atoms with Crippen molar-refractivity contribution in [2.24, 2.45) is 5.92 Å². The minimum atomic E-state index is -0.824. The van der Waals surface area contributed by atoms with Crippen LogP contribution in [0.1, 0.15) is 57.1 Å².